The molecule has 0 atom stereocenters. The van der Waals surface area contributed by atoms with Gasteiger partial charge in [-0.2, -0.15) is 0 Å². The summed E-state index contributed by atoms with van der Waals surface area (Å²) in [6.07, 6.45) is 0.993. The molecule has 0 heterocycles. The van der Waals surface area contributed by atoms with Gasteiger partial charge in [-0.25, -0.2) is 0 Å². The zero-order valence-corrected chi connectivity index (χ0v) is 7.85. The minimum absolute atomic E-state index is 0.143. The van der Waals surface area contributed by atoms with E-state index < -0.39 is 0 Å². The number of hydrogen-bond acceptors (Lipinski definition) is 1. The van der Waals surface area contributed by atoms with Crippen LogP contribution >= 0.6 is 0 Å². The lowest BCUT2D eigenvalue weighted by molar-refractivity contribution is 0.101. The number of carbonyl (C=O) groups is 1. The van der Waals surface area contributed by atoms with Crippen molar-refractivity contribution in [3.8, 4) is 0 Å². The minimum atomic E-state index is 0.143. The highest BCUT2D eigenvalue weighted by atomic mass is 16.1. The lowest BCUT2D eigenvalue weighted by atomic mass is 10.0. The Hall–Kier alpha value is -1.11. The minimum Gasteiger partial charge on any atom is -0.295 e. The van der Waals surface area contributed by atoms with Crippen molar-refractivity contribution < 1.29 is 4.79 Å². The van der Waals surface area contributed by atoms with Crippen molar-refractivity contribution in [2.45, 2.75) is 27.2 Å². The van der Waals surface area contributed by atoms with Crippen molar-refractivity contribution in [1.29, 1.82) is 0 Å². The molecular formula is C11H14O. The highest BCUT2D eigenvalue weighted by Gasteiger charge is 2.01. The number of ketones is 1. The number of rotatable bonds is 2. The van der Waals surface area contributed by atoms with E-state index in [1.165, 1.54) is 11.1 Å². The van der Waals surface area contributed by atoms with Crippen LogP contribution in [0, 0.1) is 6.92 Å². The predicted octanol–water partition coefficient (Wildman–Crippen LogP) is 2.76. The Bertz CT molecular complexity index is 300. The Morgan fingerprint density at radius 1 is 1.42 bits per heavy atom. The van der Waals surface area contributed by atoms with Crippen LogP contribution in [0.25, 0.3) is 0 Å². The van der Waals surface area contributed by atoms with Crippen LogP contribution < -0.4 is 0 Å². The van der Waals surface area contributed by atoms with Crippen LogP contribution in [0.3, 0.4) is 0 Å². The fourth-order valence-corrected chi connectivity index (χ4v) is 1.27. The first-order valence-electron chi connectivity index (χ1n) is 4.25. The van der Waals surface area contributed by atoms with Gasteiger partial charge in [0.15, 0.2) is 5.78 Å². The quantitative estimate of drug-likeness (QED) is 0.611. The summed E-state index contributed by atoms with van der Waals surface area (Å²) in [5.74, 6) is 0.143. The molecule has 1 aromatic rings. The van der Waals surface area contributed by atoms with Crippen LogP contribution in [0.5, 0.6) is 0 Å². The molecule has 0 aliphatic rings. The maximum absolute atomic E-state index is 11.0. The summed E-state index contributed by atoms with van der Waals surface area (Å²) in [5.41, 5.74) is 3.35. The molecular weight excluding hydrogens is 148 g/mol. The van der Waals surface area contributed by atoms with Gasteiger partial charge in [0.2, 0.25) is 0 Å². The van der Waals surface area contributed by atoms with E-state index in [1.807, 2.05) is 18.2 Å². The molecule has 0 saturated carbocycles. The zero-order valence-electron chi connectivity index (χ0n) is 7.85. The number of aryl methyl sites for hydroxylation is 2. The summed E-state index contributed by atoms with van der Waals surface area (Å²) in [4.78, 5) is 11.0. The highest BCUT2D eigenvalue weighted by Crippen LogP contribution is 2.11. The third kappa shape index (κ3) is 1.73. The van der Waals surface area contributed by atoms with Gasteiger partial charge in [-0.1, -0.05) is 19.1 Å². The van der Waals surface area contributed by atoms with Gasteiger partial charge in [-0.05, 0) is 37.5 Å². The largest absolute Gasteiger partial charge is 0.295 e. The monoisotopic (exact) mass is 162 g/mol. The molecule has 12 heavy (non-hydrogen) atoms. The number of carbonyl (C=O) groups excluding carboxylic acids is 1. The van der Waals surface area contributed by atoms with Crippen LogP contribution in [0.4, 0.5) is 0 Å². The fourth-order valence-electron chi connectivity index (χ4n) is 1.27. The molecule has 0 N–H and O–H groups in total. The topological polar surface area (TPSA) is 17.1 Å². The molecule has 0 unspecified atom stereocenters. The lowest BCUT2D eigenvalue weighted by Gasteiger charge is -2.03. The Labute approximate surface area is 73.4 Å². The van der Waals surface area contributed by atoms with Gasteiger partial charge in [-0.3, -0.25) is 4.79 Å². The lowest BCUT2D eigenvalue weighted by Crippen LogP contribution is -1.95. The molecule has 1 rings (SSSR count). The molecule has 0 aromatic heterocycles. The molecule has 0 aliphatic heterocycles. The van der Waals surface area contributed by atoms with Crippen molar-refractivity contribution >= 4 is 5.78 Å². The first kappa shape index (κ1) is 8.98. The van der Waals surface area contributed by atoms with Gasteiger partial charge in [-0.15, -0.1) is 0 Å². The molecule has 1 aromatic carbocycles. The molecule has 0 fully saturated rings. The maximum Gasteiger partial charge on any atom is 0.159 e. The maximum atomic E-state index is 11.0. The molecule has 0 bridgehead atoms. The van der Waals surface area contributed by atoms with Gasteiger partial charge in [0.05, 0.1) is 0 Å². The van der Waals surface area contributed by atoms with Gasteiger partial charge >= 0.3 is 0 Å². The number of Topliss-reactive ketones (excluding diaryl/α,β-unsaturated/α-hetero) is 1. The Balaban J connectivity index is 3.13. The molecule has 64 valence electrons. The molecule has 0 spiro atoms. The van der Waals surface area contributed by atoms with E-state index in [4.69, 9.17) is 0 Å². The number of hydrogen-bond donors (Lipinski definition) is 0. The molecule has 1 nitrogen and oxygen atoms in total. The van der Waals surface area contributed by atoms with Crippen LogP contribution in [-0.4, -0.2) is 5.78 Å². The molecule has 0 saturated heterocycles. The smallest absolute Gasteiger partial charge is 0.159 e. The van der Waals surface area contributed by atoms with Gasteiger partial charge < -0.3 is 0 Å². The van der Waals surface area contributed by atoms with E-state index in [9.17, 15) is 4.79 Å². The van der Waals surface area contributed by atoms with Crippen LogP contribution in [0.15, 0.2) is 18.2 Å². The summed E-state index contributed by atoms with van der Waals surface area (Å²) in [6.45, 7) is 5.78. The summed E-state index contributed by atoms with van der Waals surface area (Å²) < 4.78 is 0. The van der Waals surface area contributed by atoms with Crippen molar-refractivity contribution in [3.63, 3.8) is 0 Å². The highest BCUT2D eigenvalue weighted by molar-refractivity contribution is 5.94. The fraction of sp³-hybridized carbons (Fsp3) is 0.364. The normalized spacial score (nSPS) is 9.92. The van der Waals surface area contributed by atoms with E-state index >= 15 is 0 Å². The van der Waals surface area contributed by atoms with Gasteiger partial charge in [0.1, 0.15) is 0 Å². The van der Waals surface area contributed by atoms with Crippen molar-refractivity contribution in [2.75, 3.05) is 0 Å². The van der Waals surface area contributed by atoms with E-state index in [2.05, 4.69) is 13.8 Å². The Morgan fingerprint density at radius 2 is 2.08 bits per heavy atom. The summed E-state index contributed by atoms with van der Waals surface area (Å²) in [7, 11) is 0. The number of benzene rings is 1. The SMILES string of the molecule is CCc1cc(C(C)=O)ccc1C. The third-order valence-corrected chi connectivity index (χ3v) is 2.14. The van der Waals surface area contributed by atoms with Crippen LogP contribution in [-0.2, 0) is 6.42 Å². The van der Waals surface area contributed by atoms with Crippen LogP contribution in [0.1, 0.15) is 35.3 Å². The first-order valence-corrected chi connectivity index (χ1v) is 4.25. The molecule has 0 radical (unpaired) electrons. The summed E-state index contributed by atoms with van der Waals surface area (Å²) in [5, 5.41) is 0. The van der Waals surface area contributed by atoms with Crippen molar-refractivity contribution in [1.82, 2.24) is 0 Å². The van der Waals surface area contributed by atoms with E-state index in [0.717, 1.165) is 12.0 Å². The second kappa shape index (κ2) is 3.53. The van der Waals surface area contributed by atoms with E-state index in [0.29, 0.717) is 0 Å². The second-order valence-electron chi connectivity index (χ2n) is 3.05. The third-order valence-electron chi connectivity index (χ3n) is 2.14. The summed E-state index contributed by atoms with van der Waals surface area (Å²) >= 11 is 0. The Kier molecular flexibility index (Phi) is 2.64. The standard InChI is InChI=1S/C11H14O/c1-4-10-7-11(9(3)12)6-5-8(10)2/h5-7H,4H2,1-3H3. The average Bonchev–Trinajstić information content (AvgIpc) is 2.05. The second-order valence-corrected chi connectivity index (χ2v) is 3.05. The van der Waals surface area contributed by atoms with Gasteiger partial charge in [0, 0.05) is 5.56 Å². The molecule has 0 aliphatic carbocycles. The van der Waals surface area contributed by atoms with E-state index in [1.54, 1.807) is 6.92 Å². The van der Waals surface area contributed by atoms with Crippen molar-refractivity contribution in [2.24, 2.45) is 0 Å². The molecule has 0 amide bonds. The van der Waals surface area contributed by atoms with Gasteiger partial charge in [0.25, 0.3) is 0 Å². The average molecular weight is 162 g/mol. The van der Waals surface area contributed by atoms with Crippen molar-refractivity contribution in [3.05, 3.63) is 34.9 Å². The summed E-state index contributed by atoms with van der Waals surface area (Å²) in [6, 6.07) is 5.88. The molecule has 1 heteroatoms. The first-order chi connectivity index (χ1) is 5.65. The Morgan fingerprint density at radius 3 is 2.58 bits per heavy atom. The van der Waals surface area contributed by atoms with Crippen LogP contribution in [0.2, 0.25) is 0 Å². The predicted molar refractivity (Wildman–Crippen MR) is 50.6 cm³/mol. The van der Waals surface area contributed by atoms with E-state index in [-0.39, 0.29) is 5.78 Å². The zero-order chi connectivity index (χ0) is 9.14.